The van der Waals surface area contributed by atoms with Gasteiger partial charge in [0, 0.05) is 18.0 Å². The molecule has 19 heavy (non-hydrogen) atoms. The first kappa shape index (κ1) is 12.2. The Kier molecular flexibility index (Phi) is 3.51. The Morgan fingerprint density at radius 3 is 2.89 bits per heavy atom. The van der Waals surface area contributed by atoms with E-state index in [1.165, 1.54) is 12.8 Å². The van der Waals surface area contributed by atoms with Crippen molar-refractivity contribution >= 4 is 16.6 Å². The maximum absolute atomic E-state index is 11.9. The molecule has 0 bridgehead atoms. The molecule has 0 unspecified atom stereocenters. The van der Waals surface area contributed by atoms with Crippen LogP contribution in [-0.2, 0) is 0 Å². The summed E-state index contributed by atoms with van der Waals surface area (Å²) in [6, 6.07) is 10.4. The minimum Gasteiger partial charge on any atom is -0.371 e. The molecule has 100 valence electrons. The standard InChI is InChI=1S/C15H19N3O/c19-15-13-5-2-1-4-11(13)10-14(18-15)17-9-3-8-16-12-6-7-12/h1-2,4-5,10,12,16H,3,6-9H2,(H2,17,18,19). The fourth-order valence-corrected chi connectivity index (χ4v) is 2.21. The number of hydrogen-bond acceptors (Lipinski definition) is 3. The molecule has 1 fully saturated rings. The van der Waals surface area contributed by atoms with Crippen LogP contribution in [-0.4, -0.2) is 24.1 Å². The summed E-state index contributed by atoms with van der Waals surface area (Å²) in [7, 11) is 0. The molecule has 0 amide bonds. The van der Waals surface area contributed by atoms with E-state index in [1.54, 1.807) is 0 Å². The van der Waals surface area contributed by atoms with Gasteiger partial charge in [0.15, 0.2) is 0 Å². The van der Waals surface area contributed by atoms with Gasteiger partial charge in [-0.2, -0.15) is 0 Å². The third-order valence-corrected chi connectivity index (χ3v) is 3.43. The molecular formula is C15H19N3O. The number of H-pyrrole nitrogens is 1. The second kappa shape index (κ2) is 5.45. The van der Waals surface area contributed by atoms with E-state index in [-0.39, 0.29) is 5.56 Å². The van der Waals surface area contributed by atoms with Gasteiger partial charge in [-0.25, -0.2) is 0 Å². The summed E-state index contributed by atoms with van der Waals surface area (Å²) in [5.41, 5.74) is -0.0308. The van der Waals surface area contributed by atoms with Crippen LogP contribution >= 0.6 is 0 Å². The highest BCUT2D eigenvalue weighted by molar-refractivity contribution is 5.83. The van der Waals surface area contributed by atoms with Crippen LogP contribution < -0.4 is 16.2 Å². The molecule has 0 spiro atoms. The lowest BCUT2D eigenvalue weighted by molar-refractivity contribution is 0.658. The first-order valence-electron chi connectivity index (χ1n) is 6.92. The van der Waals surface area contributed by atoms with Crippen LogP contribution in [0.2, 0.25) is 0 Å². The van der Waals surface area contributed by atoms with Gasteiger partial charge in [-0.05, 0) is 43.3 Å². The molecule has 1 aromatic heterocycles. The Balaban J connectivity index is 1.59. The highest BCUT2D eigenvalue weighted by Gasteiger charge is 2.19. The number of fused-ring (bicyclic) bond motifs is 1. The van der Waals surface area contributed by atoms with Crippen LogP contribution in [0.5, 0.6) is 0 Å². The number of rotatable bonds is 6. The van der Waals surface area contributed by atoms with Crippen LogP contribution in [0, 0.1) is 0 Å². The predicted molar refractivity (Wildman–Crippen MR) is 78.7 cm³/mol. The third-order valence-electron chi connectivity index (χ3n) is 3.43. The lowest BCUT2D eigenvalue weighted by atomic mass is 10.2. The smallest absolute Gasteiger partial charge is 0.257 e. The van der Waals surface area contributed by atoms with Gasteiger partial charge in [-0.3, -0.25) is 4.79 Å². The van der Waals surface area contributed by atoms with Crippen molar-refractivity contribution in [1.29, 1.82) is 0 Å². The molecule has 1 saturated carbocycles. The number of benzene rings is 1. The van der Waals surface area contributed by atoms with Crippen molar-refractivity contribution in [1.82, 2.24) is 10.3 Å². The summed E-state index contributed by atoms with van der Waals surface area (Å²) in [5, 5.41) is 8.46. The van der Waals surface area contributed by atoms with Crippen LogP contribution in [0.1, 0.15) is 19.3 Å². The van der Waals surface area contributed by atoms with Crippen LogP contribution in [0.3, 0.4) is 0 Å². The molecule has 0 aliphatic heterocycles. The molecule has 1 heterocycles. The van der Waals surface area contributed by atoms with Crippen molar-refractivity contribution in [2.24, 2.45) is 0 Å². The molecule has 0 saturated heterocycles. The minimum absolute atomic E-state index is 0.0308. The lowest BCUT2D eigenvalue weighted by Gasteiger charge is -2.07. The topological polar surface area (TPSA) is 56.9 Å². The van der Waals surface area contributed by atoms with Crippen LogP contribution in [0.4, 0.5) is 5.82 Å². The van der Waals surface area contributed by atoms with E-state index >= 15 is 0 Å². The SMILES string of the molecule is O=c1[nH]c(NCCCNC2CC2)cc2ccccc12. The molecule has 1 aromatic carbocycles. The quantitative estimate of drug-likeness (QED) is 0.694. The summed E-state index contributed by atoms with van der Waals surface area (Å²) in [4.78, 5) is 14.8. The van der Waals surface area contributed by atoms with Gasteiger partial charge >= 0.3 is 0 Å². The first-order valence-corrected chi connectivity index (χ1v) is 6.92. The van der Waals surface area contributed by atoms with Crippen molar-refractivity contribution in [2.45, 2.75) is 25.3 Å². The minimum atomic E-state index is -0.0308. The highest BCUT2D eigenvalue weighted by atomic mass is 16.1. The fourth-order valence-electron chi connectivity index (χ4n) is 2.21. The molecule has 0 atom stereocenters. The zero-order valence-electron chi connectivity index (χ0n) is 10.9. The van der Waals surface area contributed by atoms with E-state index in [1.807, 2.05) is 30.3 Å². The van der Waals surface area contributed by atoms with Crippen molar-refractivity contribution in [3.63, 3.8) is 0 Å². The Hall–Kier alpha value is -1.81. The van der Waals surface area contributed by atoms with Gasteiger partial charge in [-0.1, -0.05) is 18.2 Å². The molecule has 0 radical (unpaired) electrons. The maximum Gasteiger partial charge on any atom is 0.257 e. The molecule has 1 aliphatic carbocycles. The van der Waals surface area contributed by atoms with Crippen LogP contribution in [0.25, 0.3) is 10.8 Å². The van der Waals surface area contributed by atoms with Crippen LogP contribution in [0.15, 0.2) is 35.1 Å². The van der Waals surface area contributed by atoms with Crippen molar-refractivity contribution in [3.8, 4) is 0 Å². The Labute approximate surface area is 112 Å². The third kappa shape index (κ3) is 3.15. The summed E-state index contributed by atoms with van der Waals surface area (Å²) in [6.45, 7) is 1.91. The van der Waals surface area contributed by atoms with Gasteiger partial charge in [0.2, 0.25) is 0 Å². The number of hydrogen-bond donors (Lipinski definition) is 3. The largest absolute Gasteiger partial charge is 0.371 e. The summed E-state index contributed by atoms with van der Waals surface area (Å²) < 4.78 is 0. The molecule has 2 aromatic rings. The number of pyridine rings is 1. The molecule has 3 rings (SSSR count). The zero-order chi connectivity index (χ0) is 13.1. The molecule has 1 aliphatic rings. The van der Waals surface area contributed by atoms with Gasteiger partial charge in [0.25, 0.3) is 5.56 Å². The average Bonchev–Trinajstić information content (AvgIpc) is 3.23. The van der Waals surface area contributed by atoms with E-state index < -0.39 is 0 Å². The number of aromatic amines is 1. The Morgan fingerprint density at radius 1 is 1.21 bits per heavy atom. The zero-order valence-corrected chi connectivity index (χ0v) is 10.9. The average molecular weight is 257 g/mol. The predicted octanol–water partition coefficient (Wildman–Crippen LogP) is 2.08. The second-order valence-electron chi connectivity index (χ2n) is 5.11. The molecule has 3 N–H and O–H groups in total. The second-order valence-corrected chi connectivity index (χ2v) is 5.11. The molecule has 4 heteroatoms. The first-order chi connectivity index (χ1) is 9.33. The van der Waals surface area contributed by atoms with E-state index in [9.17, 15) is 4.79 Å². The Bertz CT molecular complexity index is 616. The monoisotopic (exact) mass is 257 g/mol. The molecule has 4 nitrogen and oxygen atoms in total. The van der Waals surface area contributed by atoms with E-state index in [4.69, 9.17) is 0 Å². The highest BCUT2D eigenvalue weighted by Crippen LogP contribution is 2.18. The number of aromatic nitrogens is 1. The maximum atomic E-state index is 11.9. The fraction of sp³-hybridized carbons (Fsp3) is 0.400. The number of nitrogens with one attached hydrogen (secondary N) is 3. The lowest BCUT2D eigenvalue weighted by Crippen LogP contribution is -2.20. The van der Waals surface area contributed by atoms with E-state index in [2.05, 4.69) is 15.6 Å². The van der Waals surface area contributed by atoms with Gasteiger partial charge in [0.1, 0.15) is 5.82 Å². The van der Waals surface area contributed by atoms with Crippen molar-refractivity contribution in [3.05, 3.63) is 40.7 Å². The summed E-state index contributed by atoms with van der Waals surface area (Å²) >= 11 is 0. The Morgan fingerprint density at radius 2 is 2.05 bits per heavy atom. The summed E-state index contributed by atoms with van der Waals surface area (Å²) in [6.07, 6.45) is 3.71. The van der Waals surface area contributed by atoms with Gasteiger partial charge in [0.05, 0.1) is 0 Å². The van der Waals surface area contributed by atoms with Gasteiger partial charge in [-0.15, -0.1) is 0 Å². The van der Waals surface area contributed by atoms with E-state index in [0.717, 1.165) is 42.1 Å². The number of anilines is 1. The van der Waals surface area contributed by atoms with Crippen molar-refractivity contribution < 1.29 is 0 Å². The molecular weight excluding hydrogens is 238 g/mol. The summed E-state index contributed by atoms with van der Waals surface area (Å²) in [5.74, 6) is 0.801. The van der Waals surface area contributed by atoms with Gasteiger partial charge < -0.3 is 15.6 Å². The van der Waals surface area contributed by atoms with E-state index in [0.29, 0.717) is 0 Å². The van der Waals surface area contributed by atoms with Crippen molar-refractivity contribution in [2.75, 3.05) is 18.4 Å². The normalized spacial score (nSPS) is 14.7.